The van der Waals surface area contributed by atoms with Crippen LogP contribution in [0.1, 0.15) is 33.1 Å². The van der Waals surface area contributed by atoms with Crippen LogP contribution in [0.3, 0.4) is 0 Å². The highest BCUT2D eigenvalue weighted by Gasteiger charge is 2.29. The number of halogens is 2. The molecule has 0 unspecified atom stereocenters. The van der Waals surface area contributed by atoms with E-state index >= 15 is 0 Å². The van der Waals surface area contributed by atoms with E-state index in [0.29, 0.717) is 21.3 Å². The normalized spacial score (nSPS) is 18.5. The van der Waals surface area contributed by atoms with Gasteiger partial charge in [0, 0.05) is 13.1 Å². The first kappa shape index (κ1) is 14.7. The summed E-state index contributed by atoms with van der Waals surface area (Å²) in [6, 6.07) is 1.69. The number of nitrogens with zero attached hydrogens (tertiary/aromatic N) is 2. The number of hydrogen-bond donors (Lipinski definition) is 2. The largest absolute Gasteiger partial charge is 0.355 e. The molecule has 1 aliphatic rings. The van der Waals surface area contributed by atoms with Gasteiger partial charge in [0.1, 0.15) is 5.82 Å². The van der Waals surface area contributed by atoms with E-state index in [0.717, 1.165) is 31.7 Å². The highest BCUT2D eigenvalue weighted by Crippen LogP contribution is 2.38. The van der Waals surface area contributed by atoms with Gasteiger partial charge in [-0.1, -0.05) is 43.5 Å². The fraction of sp³-hybridized carbons (Fsp3) is 0.615. The second-order valence-electron chi connectivity index (χ2n) is 5.42. The maximum absolute atomic E-state index is 6.24. The molecule has 6 heteroatoms. The smallest absolute Gasteiger partial charge is 0.161 e. The molecule has 1 fully saturated rings. The van der Waals surface area contributed by atoms with Crippen molar-refractivity contribution in [2.24, 2.45) is 11.3 Å². The molecule has 2 heterocycles. The van der Waals surface area contributed by atoms with E-state index in [1.807, 2.05) is 0 Å². The van der Waals surface area contributed by atoms with Gasteiger partial charge in [-0.05, 0) is 24.3 Å². The Morgan fingerprint density at radius 2 is 2.00 bits per heavy atom. The quantitative estimate of drug-likeness (QED) is 0.660. The van der Waals surface area contributed by atoms with E-state index in [1.54, 1.807) is 6.07 Å². The van der Waals surface area contributed by atoms with Crippen molar-refractivity contribution in [3.05, 3.63) is 16.1 Å². The highest BCUT2D eigenvalue weighted by atomic mass is 35.5. The second kappa shape index (κ2) is 5.73. The summed E-state index contributed by atoms with van der Waals surface area (Å²) in [4.78, 5) is 6.62. The first-order valence-electron chi connectivity index (χ1n) is 6.57. The Morgan fingerprint density at radius 3 is 2.53 bits per heavy atom. The number of nitrogens with one attached hydrogen (secondary N) is 1. The van der Waals surface area contributed by atoms with Gasteiger partial charge in [-0.25, -0.2) is 10.8 Å². The van der Waals surface area contributed by atoms with Crippen molar-refractivity contribution in [1.82, 2.24) is 4.98 Å². The Kier molecular flexibility index (Phi) is 4.43. The van der Waals surface area contributed by atoms with Crippen molar-refractivity contribution in [3.8, 4) is 0 Å². The molecule has 19 heavy (non-hydrogen) atoms. The van der Waals surface area contributed by atoms with E-state index in [9.17, 15) is 0 Å². The molecule has 2 rings (SSSR count). The Hall–Kier alpha value is -0.710. The fourth-order valence-corrected chi connectivity index (χ4v) is 2.92. The molecule has 0 atom stereocenters. The van der Waals surface area contributed by atoms with Crippen molar-refractivity contribution < 1.29 is 0 Å². The van der Waals surface area contributed by atoms with Gasteiger partial charge in [0.2, 0.25) is 0 Å². The van der Waals surface area contributed by atoms with E-state index in [4.69, 9.17) is 29.0 Å². The monoisotopic (exact) mass is 302 g/mol. The molecule has 1 saturated heterocycles. The van der Waals surface area contributed by atoms with Crippen LogP contribution in [0.4, 0.5) is 11.6 Å². The molecule has 0 aromatic carbocycles. The van der Waals surface area contributed by atoms with Crippen LogP contribution in [0.2, 0.25) is 10.0 Å². The maximum Gasteiger partial charge on any atom is 0.161 e. The van der Waals surface area contributed by atoms with Crippen LogP contribution in [0.15, 0.2) is 6.07 Å². The van der Waals surface area contributed by atoms with Crippen LogP contribution < -0.4 is 16.2 Å². The van der Waals surface area contributed by atoms with Crippen LogP contribution in [-0.4, -0.2) is 18.1 Å². The fourth-order valence-electron chi connectivity index (χ4n) is 2.39. The number of nitrogen functional groups attached to an aromatic ring is 1. The lowest BCUT2D eigenvalue weighted by Crippen LogP contribution is -2.39. The highest BCUT2D eigenvalue weighted by molar-refractivity contribution is 6.37. The van der Waals surface area contributed by atoms with Gasteiger partial charge >= 0.3 is 0 Å². The van der Waals surface area contributed by atoms with Crippen LogP contribution in [0, 0.1) is 5.41 Å². The average molecular weight is 303 g/mol. The van der Waals surface area contributed by atoms with Crippen molar-refractivity contribution >= 4 is 34.8 Å². The van der Waals surface area contributed by atoms with Crippen LogP contribution in [-0.2, 0) is 0 Å². The van der Waals surface area contributed by atoms with Gasteiger partial charge in [0.25, 0.3) is 0 Å². The molecule has 0 radical (unpaired) electrons. The third-order valence-corrected chi connectivity index (χ3v) is 4.74. The lowest BCUT2D eigenvalue weighted by molar-refractivity contribution is 0.238. The van der Waals surface area contributed by atoms with E-state index in [1.165, 1.54) is 6.42 Å². The van der Waals surface area contributed by atoms with Crippen LogP contribution in [0.5, 0.6) is 0 Å². The van der Waals surface area contributed by atoms with Crippen molar-refractivity contribution in [2.75, 3.05) is 23.4 Å². The third-order valence-electron chi connectivity index (χ3n) is 4.17. The van der Waals surface area contributed by atoms with E-state index in [-0.39, 0.29) is 0 Å². The summed E-state index contributed by atoms with van der Waals surface area (Å²) in [5.74, 6) is 6.63. The Balaban J connectivity index is 2.20. The standard InChI is InChI=1S/C13H20Cl2N4/c1-3-13(2)4-6-19(7-5-13)12-10(15)8-9(14)11(17-12)18-16/h8H,3-7,16H2,1-2H3,(H,17,18). The number of pyridine rings is 1. The first-order chi connectivity index (χ1) is 8.99. The number of hydrogen-bond acceptors (Lipinski definition) is 4. The second-order valence-corrected chi connectivity index (χ2v) is 6.23. The minimum absolute atomic E-state index is 0.435. The molecule has 4 nitrogen and oxygen atoms in total. The van der Waals surface area contributed by atoms with Crippen LogP contribution in [0.25, 0.3) is 0 Å². The molecule has 0 saturated carbocycles. The molecule has 106 valence electrons. The van der Waals surface area contributed by atoms with E-state index < -0.39 is 0 Å². The van der Waals surface area contributed by atoms with Crippen molar-refractivity contribution in [1.29, 1.82) is 0 Å². The Labute approximate surface area is 124 Å². The Morgan fingerprint density at radius 1 is 1.37 bits per heavy atom. The number of nitrogens with two attached hydrogens (primary N) is 1. The minimum Gasteiger partial charge on any atom is -0.355 e. The number of hydrazine groups is 1. The molecule has 0 bridgehead atoms. The summed E-state index contributed by atoms with van der Waals surface area (Å²) < 4.78 is 0. The topological polar surface area (TPSA) is 54.2 Å². The average Bonchev–Trinajstić information content (AvgIpc) is 2.40. The molecule has 1 aromatic rings. The Bertz CT molecular complexity index is 456. The first-order valence-corrected chi connectivity index (χ1v) is 7.32. The summed E-state index contributed by atoms with van der Waals surface area (Å²) in [7, 11) is 0. The summed E-state index contributed by atoms with van der Waals surface area (Å²) in [6.07, 6.45) is 3.50. The van der Waals surface area contributed by atoms with Crippen molar-refractivity contribution in [2.45, 2.75) is 33.1 Å². The summed E-state index contributed by atoms with van der Waals surface area (Å²) >= 11 is 12.2. The number of anilines is 2. The molecular formula is C13H20Cl2N4. The zero-order chi connectivity index (χ0) is 14.0. The van der Waals surface area contributed by atoms with Gasteiger partial charge in [-0.3, -0.25) is 0 Å². The molecule has 0 spiro atoms. The zero-order valence-electron chi connectivity index (χ0n) is 11.3. The predicted octanol–water partition coefficient (Wildman–Crippen LogP) is 3.69. The van der Waals surface area contributed by atoms with Crippen molar-refractivity contribution in [3.63, 3.8) is 0 Å². The number of rotatable bonds is 3. The maximum atomic E-state index is 6.24. The van der Waals surface area contributed by atoms with Gasteiger partial charge in [0.05, 0.1) is 10.0 Å². The molecule has 0 amide bonds. The van der Waals surface area contributed by atoms with Gasteiger partial charge < -0.3 is 10.3 Å². The van der Waals surface area contributed by atoms with Gasteiger partial charge in [-0.2, -0.15) is 0 Å². The van der Waals surface area contributed by atoms with Crippen LogP contribution >= 0.6 is 23.2 Å². The molecule has 1 aromatic heterocycles. The molecule has 3 N–H and O–H groups in total. The SMILES string of the molecule is CCC1(C)CCN(c2nc(NN)c(Cl)cc2Cl)CC1. The molecule has 0 aliphatic carbocycles. The summed E-state index contributed by atoms with van der Waals surface area (Å²) in [5.41, 5.74) is 2.94. The molecule has 1 aliphatic heterocycles. The third kappa shape index (κ3) is 3.07. The summed E-state index contributed by atoms with van der Waals surface area (Å²) in [6.45, 7) is 6.51. The lowest BCUT2D eigenvalue weighted by Gasteiger charge is -2.39. The predicted molar refractivity (Wildman–Crippen MR) is 81.9 cm³/mol. The zero-order valence-corrected chi connectivity index (χ0v) is 12.9. The van der Waals surface area contributed by atoms with Gasteiger partial charge in [-0.15, -0.1) is 0 Å². The van der Waals surface area contributed by atoms with E-state index in [2.05, 4.69) is 29.2 Å². The van der Waals surface area contributed by atoms with Gasteiger partial charge in [0.15, 0.2) is 5.82 Å². The number of piperidine rings is 1. The molecular weight excluding hydrogens is 283 g/mol. The number of aromatic nitrogens is 1. The minimum atomic E-state index is 0.435. The summed E-state index contributed by atoms with van der Waals surface area (Å²) in [5, 5.41) is 1.01. The lowest BCUT2D eigenvalue weighted by atomic mass is 9.78.